The molecule has 2 aromatic rings. The third-order valence-electron chi connectivity index (χ3n) is 5.64. The zero-order chi connectivity index (χ0) is 36.5. The third kappa shape index (κ3) is 14.8. The van der Waals surface area contributed by atoms with E-state index in [2.05, 4.69) is 15.3 Å². The van der Waals surface area contributed by atoms with Gasteiger partial charge in [0.1, 0.15) is 23.1 Å². The molecule has 0 saturated carbocycles. The van der Waals surface area contributed by atoms with Crippen LogP contribution >= 0.6 is 11.6 Å². The van der Waals surface area contributed by atoms with Crippen molar-refractivity contribution in [3.8, 4) is 0 Å². The van der Waals surface area contributed by atoms with E-state index in [0.29, 0.717) is 0 Å². The number of amides is 4. The molecular weight excluding hydrogens is 674 g/mol. The van der Waals surface area contributed by atoms with E-state index in [9.17, 15) is 35.9 Å². The number of rotatable bonds is 11. The number of aromatic nitrogens is 2. The number of urea groups is 2. The Hall–Kier alpha value is -3.53. The molecule has 2 aromatic heterocycles. The monoisotopic (exact) mass is 710 g/mol. The fourth-order valence-corrected chi connectivity index (χ4v) is 3.68. The molecule has 0 radical (unpaired) electrons. The third-order valence-corrected chi connectivity index (χ3v) is 5.85. The highest BCUT2D eigenvalue weighted by atomic mass is 35.5. The van der Waals surface area contributed by atoms with Crippen LogP contribution in [0.2, 0.25) is 5.15 Å². The van der Waals surface area contributed by atoms with Gasteiger partial charge in [-0.2, -0.15) is 36.5 Å². The van der Waals surface area contributed by atoms with Gasteiger partial charge in [-0.25, -0.2) is 19.6 Å². The average Bonchev–Trinajstić information content (AvgIpc) is 2.99. The van der Waals surface area contributed by atoms with Crippen molar-refractivity contribution in [2.45, 2.75) is 50.9 Å². The Morgan fingerprint density at radius 1 is 0.766 bits per heavy atom. The van der Waals surface area contributed by atoms with Crippen LogP contribution < -0.4 is 11.1 Å². The van der Waals surface area contributed by atoms with E-state index in [1.165, 1.54) is 42.7 Å². The number of methoxy groups -OCH3 is 4. The van der Waals surface area contributed by atoms with Crippen molar-refractivity contribution in [1.29, 1.82) is 0 Å². The van der Waals surface area contributed by atoms with E-state index in [1.54, 1.807) is 13.8 Å². The summed E-state index contributed by atoms with van der Waals surface area (Å²) in [5.41, 5.74) is 3.34. The molecular formula is C26H37ClF6N6O8. The lowest BCUT2D eigenvalue weighted by molar-refractivity contribution is -0.202. The Balaban J connectivity index is 0.000000744. The average molecular weight is 711 g/mol. The van der Waals surface area contributed by atoms with Gasteiger partial charge in [-0.15, -0.1) is 0 Å². The second kappa shape index (κ2) is 20.7. The van der Waals surface area contributed by atoms with E-state index in [0.717, 1.165) is 46.8 Å². The van der Waals surface area contributed by atoms with Crippen LogP contribution in [0.25, 0.3) is 0 Å². The second-order valence-corrected chi connectivity index (χ2v) is 9.13. The van der Waals surface area contributed by atoms with Crippen LogP contribution in [0.1, 0.15) is 25.0 Å². The number of primary amides is 1. The fourth-order valence-electron chi connectivity index (χ4n) is 3.51. The first-order chi connectivity index (χ1) is 21.8. The summed E-state index contributed by atoms with van der Waals surface area (Å²) in [7, 11) is 8.29. The van der Waals surface area contributed by atoms with Gasteiger partial charge in [0, 0.05) is 40.8 Å². The number of hydrogen-bond donors (Lipinski definition) is 2. The SMILES string of the molecule is COC(OC)C(C)N(OC)C(=O)Nc1cc(C(F)(F)F)ccn1.COC(OC)C(C)N(OC)C(N)=O.FC(F)(F)c1ccnc(Cl)c1. The number of nitrogens with zero attached hydrogens (tertiary/aromatic N) is 4. The molecule has 14 nitrogen and oxygen atoms in total. The van der Waals surface area contributed by atoms with Gasteiger partial charge < -0.3 is 24.7 Å². The summed E-state index contributed by atoms with van der Waals surface area (Å²) < 4.78 is 93.5. The van der Waals surface area contributed by atoms with Gasteiger partial charge in [-0.3, -0.25) is 15.0 Å². The lowest BCUT2D eigenvalue weighted by Crippen LogP contribution is -2.48. The molecule has 0 aromatic carbocycles. The normalized spacial score (nSPS) is 12.7. The summed E-state index contributed by atoms with van der Waals surface area (Å²) in [5, 5.41) is 3.93. The van der Waals surface area contributed by atoms with Crippen molar-refractivity contribution in [3.63, 3.8) is 0 Å². The highest BCUT2D eigenvalue weighted by Gasteiger charge is 2.33. The lowest BCUT2D eigenvalue weighted by Gasteiger charge is -2.30. The number of hydroxylamine groups is 4. The van der Waals surface area contributed by atoms with E-state index < -0.39 is 60.2 Å². The van der Waals surface area contributed by atoms with Gasteiger partial charge in [-0.1, -0.05) is 11.6 Å². The number of halogens is 7. The van der Waals surface area contributed by atoms with E-state index in [1.807, 2.05) is 0 Å². The van der Waals surface area contributed by atoms with Crippen LogP contribution in [0.5, 0.6) is 0 Å². The molecule has 2 rings (SSSR count). The predicted octanol–water partition coefficient (Wildman–Crippen LogP) is 5.19. The Morgan fingerprint density at radius 2 is 1.17 bits per heavy atom. The van der Waals surface area contributed by atoms with Gasteiger partial charge in [0.05, 0.1) is 25.3 Å². The molecule has 0 saturated heterocycles. The molecule has 0 aliphatic carbocycles. The summed E-state index contributed by atoms with van der Waals surface area (Å²) in [6, 6.07) is 0.602. The zero-order valence-corrected chi connectivity index (χ0v) is 27.3. The van der Waals surface area contributed by atoms with Crippen molar-refractivity contribution < 1.29 is 64.6 Å². The van der Waals surface area contributed by atoms with Crippen LogP contribution in [0.4, 0.5) is 41.7 Å². The van der Waals surface area contributed by atoms with Crippen molar-refractivity contribution in [2.24, 2.45) is 5.73 Å². The second-order valence-electron chi connectivity index (χ2n) is 8.74. The molecule has 21 heteroatoms. The molecule has 0 aliphatic heterocycles. The molecule has 2 atom stereocenters. The van der Waals surface area contributed by atoms with Gasteiger partial charge in [0.2, 0.25) is 0 Å². The Morgan fingerprint density at radius 3 is 1.51 bits per heavy atom. The van der Waals surface area contributed by atoms with E-state index in [-0.39, 0.29) is 11.0 Å². The van der Waals surface area contributed by atoms with Crippen molar-refractivity contribution in [2.75, 3.05) is 48.0 Å². The minimum atomic E-state index is -4.53. The number of carbonyl (C=O) groups excluding carboxylic acids is 2. The summed E-state index contributed by atoms with van der Waals surface area (Å²) >= 11 is 5.24. The molecule has 0 aliphatic rings. The highest BCUT2D eigenvalue weighted by Crippen LogP contribution is 2.30. The number of carbonyl (C=O) groups is 2. The molecule has 0 spiro atoms. The quantitative estimate of drug-likeness (QED) is 0.138. The molecule has 3 N–H and O–H groups in total. The zero-order valence-electron chi connectivity index (χ0n) is 26.6. The number of pyridine rings is 2. The Labute approximate surface area is 271 Å². The lowest BCUT2D eigenvalue weighted by atomic mass is 10.2. The molecule has 268 valence electrons. The van der Waals surface area contributed by atoms with Crippen LogP contribution in [0.3, 0.4) is 0 Å². The Bertz CT molecular complexity index is 1220. The number of ether oxygens (including phenoxy) is 4. The first-order valence-electron chi connectivity index (χ1n) is 12.9. The van der Waals surface area contributed by atoms with E-state index in [4.69, 9.17) is 46.0 Å². The summed E-state index contributed by atoms with van der Waals surface area (Å²) in [6.07, 6.45) is -8.25. The number of alkyl halides is 6. The summed E-state index contributed by atoms with van der Waals surface area (Å²) in [5.74, 6) is -0.259. The molecule has 2 heterocycles. The first kappa shape index (κ1) is 43.5. The van der Waals surface area contributed by atoms with Gasteiger partial charge in [0.15, 0.2) is 12.6 Å². The maximum Gasteiger partial charge on any atom is 0.416 e. The summed E-state index contributed by atoms with van der Waals surface area (Å²) in [6.45, 7) is 3.28. The van der Waals surface area contributed by atoms with Gasteiger partial charge in [0.25, 0.3) is 0 Å². The number of nitrogens with two attached hydrogens (primary N) is 1. The van der Waals surface area contributed by atoms with Crippen LogP contribution in [-0.2, 0) is 41.0 Å². The van der Waals surface area contributed by atoms with E-state index >= 15 is 0 Å². The van der Waals surface area contributed by atoms with Crippen molar-refractivity contribution in [3.05, 3.63) is 52.9 Å². The predicted molar refractivity (Wildman–Crippen MR) is 154 cm³/mol. The first-order valence-corrected chi connectivity index (χ1v) is 13.3. The molecule has 2 unspecified atom stereocenters. The largest absolute Gasteiger partial charge is 0.416 e. The molecule has 4 amide bonds. The smallest absolute Gasteiger partial charge is 0.354 e. The van der Waals surface area contributed by atoms with Gasteiger partial charge in [-0.05, 0) is 38.1 Å². The fraction of sp³-hybridized carbons (Fsp3) is 0.538. The maximum absolute atomic E-state index is 12.6. The molecule has 0 fully saturated rings. The molecule has 0 bridgehead atoms. The number of nitrogens with one attached hydrogen (secondary N) is 1. The number of anilines is 1. The molecule has 47 heavy (non-hydrogen) atoms. The summed E-state index contributed by atoms with van der Waals surface area (Å²) in [4.78, 5) is 39.8. The standard InChI is InChI=1S/C13H18F3N3O4.C7H16N2O4.C6H3ClF3N/c1-8(11(21-2)22-3)19(23-4)12(20)18-10-7-9(5-6-17-10)13(14,15)16;1-5(6(11-2)12-3)9(13-4)7(8)10;7-5-3-4(1-2-11-5)6(8,9)10/h5-8,11H,1-4H3,(H,17,18,20);5-6H,1-4H3,(H2,8,10);1-3H. The van der Waals surface area contributed by atoms with Crippen molar-refractivity contribution >= 4 is 29.5 Å². The van der Waals surface area contributed by atoms with Crippen LogP contribution in [0, 0.1) is 0 Å². The number of hydrogen-bond acceptors (Lipinski definition) is 10. The minimum Gasteiger partial charge on any atom is -0.354 e. The van der Waals surface area contributed by atoms with Gasteiger partial charge >= 0.3 is 24.4 Å². The van der Waals surface area contributed by atoms with Crippen LogP contribution in [0.15, 0.2) is 36.7 Å². The van der Waals surface area contributed by atoms with Crippen LogP contribution in [-0.4, -0.2) is 99.5 Å². The van der Waals surface area contributed by atoms with Crippen molar-refractivity contribution in [1.82, 2.24) is 20.1 Å². The minimum absolute atomic E-state index is 0.153. The highest BCUT2D eigenvalue weighted by molar-refractivity contribution is 6.29. The Kier molecular flexibility index (Phi) is 19.1. The topological polar surface area (TPSA) is 160 Å². The maximum atomic E-state index is 12.6.